The Labute approximate surface area is 113 Å². The van der Waals surface area contributed by atoms with E-state index in [1.165, 1.54) is 11.0 Å². The molecule has 0 unspecified atom stereocenters. The third-order valence-electron chi connectivity index (χ3n) is 2.29. The summed E-state index contributed by atoms with van der Waals surface area (Å²) in [5, 5.41) is 13.8. The molecule has 94 valence electrons. The summed E-state index contributed by atoms with van der Waals surface area (Å²) in [4.78, 5) is 11.9. The van der Waals surface area contributed by atoms with Gasteiger partial charge >= 0.3 is 0 Å². The van der Waals surface area contributed by atoms with Crippen LogP contribution in [-0.4, -0.2) is 30.4 Å². The highest BCUT2D eigenvalue weighted by atomic mass is 79.9. The molecule has 0 saturated carbocycles. The number of para-hydroxylation sites is 2. The van der Waals surface area contributed by atoms with E-state index in [2.05, 4.69) is 36.8 Å². The standard InChI is InChI=1S/C11H12BrN5O/c1-11(2,12)10(18)14-8-5-3-4-6-9(8)17-7-13-15-16-17/h3-7H,1-2H3,(H,14,18). The third-order valence-corrected chi connectivity index (χ3v) is 2.65. The Bertz CT molecular complexity index is 547. The summed E-state index contributed by atoms with van der Waals surface area (Å²) >= 11 is 3.32. The van der Waals surface area contributed by atoms with Gasteiger partial charge < -0.3 is 5.32 Å². The SMILES string of the molecule is CC(C)(Br)C(=O)Nc1ccccc1-n1cnnn1. The Morgan fingerprint density at radius 1 is 1.39 bits per heavy atom. The minimum Gasteiger partial charge on any atom is -0.323 e. The van der Waals surface area contributed by atoms with Gasteiger partial charge in [0.1, 0.15) is 6.33 Å². The molecule has 0 atom stereocenters. The average Bonchev–Trinajstić information content (AvgIpc) is 2.82. The first-order chi connectivity index (χ1) is 8.48. The van der Waals surface area contributed by atoms with E-state index in [1.807, 2.05) is 18.2 Å². The van der Waals surface area contributed by atoms with Gasteiger partial charge in [-0.2, -0.15) is 4.68 Å². The normalized spacial score (nSPS) is 11.3. The van der Waals surface area contributed by atoms with Crippen molar-refractivity contribution in [2.24, 2.45) is 0 Å². The number of amides is 1. The number of tetrazole rings is 1. The molecular formula is C11H12BrN5O. The number of hydrogen-bond acceptors (Lipinski definition) is 4. The molecule has 0 spiro atoms. The number of anilines is 1. The topological polar surface area (TPSA) is 72.7 Å². The minimum atomic E-state index is -0.638. The van der Waals surface area contributed by atoms with E-state index in [-0.39, 0.29) is 5.91 Å². The summed E-state index contributed by atoms with van der Waals surface area (Å²) in [6, 6.07) is 7.32. The molecule has 0 aliphatic heterocycles. The monoisotopic (exact) mass is 309 g/mol. The molecule has 7 heteroatoms. The molecule has 0 radical (unpaired) electrons. The second-order valence-corrected chi connectivity index (χ2v) is 6.18. The summed E-state index contributed by atoms with van der Waals surface area (Å²) in [7, 11) is 0. The lowest BCUT2D eigenvalue weighted by Crippen LogP contribution is -2.31. The van der Waals surface area contributed by atoms with Crippen LogP contribution in [0, 0.1) is 0 Å². The molecule has 6 nitrogen and oxygen atoms in total. The molecule has 1 aromatic carbocycles. The summed E-state index contributed by atoms with van der Waals surface area (Å²) in [6.07, 6.45) is 1.48. The predicted molar refractivity (Wildman–Crippen MR) is 70.8 cm³/mol. The molecule has 18 heavy (non-hydrogen) atoms. The van der Waals surface area contributed by atoms with E-state index in [0.29, 0.717) is 11.4 Å². The average molecular weight is 310 g/mol. The molecule has 1 aromatic heterocycles. The number of nitrogens with zero attached hydrogens (tertiary/aromatic N) is 4. The minimum absolute atomic E-state index is 0.136. The molecule has 2 rings (SSSR count). The van der Waals surface area contributed by atoms with Crippen LogP contribution in [0.25, 0.3) is 5.69 Å². The first kappa shape index (κ1) is 12.7. The maximum Gasteiger partial charge on any atom is 0.240 e. The van der Waals surface area contributed by atoms with E-state index in [4.69, 9.17) is 0 Å². The van der Waals surface area contributed by atoms with Gasteiger partial charge in [0.25, 0.3) is 0 Å². The molecule has 0 aliphatic carbocycles. The number of halogens is 1. The van der Waals surface area contributed by atoms with E-state index < -0.39 is 4.32 Å². The zero-order valence-electron chi connectivity index (χ0n) is 9.96. The smallest absolute Gasteiger partial charge is 0.240 e. The molecular weight excluding hydrogens is 298 g/mol. The van der Waals surface area contributed by atoms with Crippen molar-refractivity contribution in [2.75, 3.05) is 5.32 Å². The van der Waals surface area contributed by atoms with Crippen LogP contribution < -0.4 is 5.32 Å². The van der Waals surface area contributed by atoms with Crippen molar-refractivity contribution >= 4 is 27.5 Å². The number of rotatable bonds is 3. The van der Waals surface area contributed by atoms with Crippen LogP contribution in [0.4, 0.5) is 5.69 Å². The van der Waals surface area contributed by atoms with E-state index in [0.717, 1.165) is 0 Å². The summed E-state index contributed by atoms with van der Waals surface area (Å²) in [5.41, 5.74) is 1.37. The Kier molecular flexibility index (Phi) is 3.42. The molecule has 0 saturated heterocycles. The Morgan fingerprint density at radius 2 is 2.11 bits per heavy atom. The van der Waals surface area contributed by atoms with Crippen LogP contribution in [0.5, 0.6) is 0 Å². The van der Waals surface area contributed by atoms with Crippen LogP contribution in [0.15, 0.2) is 30.6 Å². The Hall–Kier alpha value is -1.76. The highest BCUT2D eigenvalue weighted by Gasteiger charge is 2.24. The number of nitrogens with one attached hydrogen (secondary N) is 1. The van der Waals surface area contributed by atoms with Gasteiger partial charge in [0.2, 0.25) is 5.91 Å². The number of benzene rings is 1. The lowest BCUT2D eigenvalue weighted by atomic mass is 10.2. The van der Waals surface area contributed by atoms with Gasteiger partial charge in [0.15, 0.2) is 0 Å². The fourth-order valence-corrected chi connectivity index (χ4v) is 1.42. The highest BCUT2D eigenvalue weighted by molar-refractivity contribution is 9.10. The van der Waals surface area contributed by atoms with Crippen molar-refractivity contribution in [3.63, 3.8) is 0 Å². The number of hydrogen-bond donors (Lipinski definition) is 1. The van der Waals surface area contributed by atoms with Gasteiger partial charge in [-0.1, -0.05) is 28.1 Å². The van der Waals surface area contributed by atoms with Crippen molar-refractivity contribution in [1.82, 2.24) is 20.2 Å². The van der Waals surface area contributed by atoms with Crippen LogP contribution in [0.2, 0.25) is 0 Å². The van der Waals surface area contributed by atoms with Crippen molar-refractivity contribution in [3.8, 4) is 5.69 Å². The van der Waals surface area contributed by atoms with Crippen LogP contribution in [0.1, 0.15) is 13.8 Å². The number of aromatic nitrogens is 4. The molecule has 1 amide bonds. The maximum atomic E-state index is 11.9. The maximum absolute atomic E-state index is 11.9. The quantitative estimate of drug-likeness (QED) is 0.877. The predicted octanol–water partition coefficient (Wildman–Crippen LogP) is 1.77. The number of carbonyl (C=O) groups excluding carboxylic acids is 1. The largest absolute Gasteiger partial charge is 0.323 e. The second-order valence-electron chi connectivity index (χ2n) is 4.20. The molecule has 0 aliphatic rings. The van der Waals surface area contributed by atoms with Crippen molar-refractivity contribution in [2.45, 2.75) is 18.2 Å². The molecule has 2 aromatic rings. The van der Waals surface area contributed by atoms with E-state index in [1.54, 1.807) is 19.9 Å². The van der Waals surface area contributed by atoms with E-state index in [9.17, 15) is 4.79 Å². The van der Waals surface area contributed by atoms with Crippen molar-refractivity contribution in [3.05, 3.63) is 30.6 Å². The van der Waals surface area contributed by atoms with Gasteiger partial charge in [-0.25, -0.2) is 0 Å². The zero-order valence-corrected chi connectivity index (χ0v) is 11.5. The fraction of sp³-hybridized carbons (Fsp3) is 0.273. The number of alkyl halides is 1. The number of carbonyl (C=O) groups is 1. The van der Waals surface area contributed by atoms with Crippen LogP contribution in [-0.2, 0) is 4.79 Å². The lowest BCUT2D eigenvalue weighted by molar-refractivity contribution is -0.117. The molecule has 1 N–H and O–H groups in total. The van der Waals surface area contributed by atoms with Gasteiger partial charge in [0, 0.05) is 0 Å². The lowest BCUT2D eigenvalue weighted by Gasteiger charge is -2.17. The van der Waals surface area contributed by atoms with Crippen LogP contribution >= 0.6 is 15.9 Å². The molecule has 0 fully saturated rings. The Morgan fingerprint density at radius 3 is 2.72 bits per heavy atom. The zero-order chi connectivity index (χ0) is 13.2. The second kappa shape index (κ2) is 4.85. The third kappa shape index (κ3) is 2.73. The van der Waals surface area contributed by atoms with Gasteiger partial charge in [-0.05, 0) is 36.4 Å². The summed E-state index contributed by atoms with van der Waals surface area (Å²) < 4.78 is 0.859. The van der Waals surface area contributed by atoms with Gasteiger partial charge in [-0.15, -0.1) is 5.10 Å². The van der Waals surface area contributed by atoms with Gasteiger partial charge in [-0.3, -0.25) is 4.79 Å². The molecule has 1 heterocycles. The first-order valence-corrected chi connectivity index (χ1v) is 6.10. The van der Waals surface area contributed by atoms with E-state index >= 15 is 0 Å². The molecule has 0 bridgehead atoms. The van der Waals surface area contributed by atoms with Gasteiger partial charge in [0.05, 0.1) is 15.7 Å². The first-order valence-electron chi connectivity index (χ1n) is 5.31. The van der Waals surface area contributed by atoms with Crippen LogP contribution in [0.3, 0.4) is 0 Å². The Balaban J connectivity index is 2.32. The van der Waals surface area contributed by atoms with Crippen molar-refractivity contribution in [1.29, 1.82) is 0 Å². The fourth-order valence-electron chi connectivity index (χ4n) is 1.32. The highest BCUT2D eigenvalue weighted by Crippen LogP contribution is 2.22. The summed E-state index contributed by atoms with van der Waals surface area (Å²) in [5.74, 6) is -0.136. The van der Waals surface area contributed by atoms with Crippen molar-refractivity contribution < 1.29 is 4.79 Å². The summed E-state index contributed by atoms with van der Waals surface area (Å²) in [6.45, 7) is 3.56.